The average molecular weight is 264 g/mol. The number of aromatic nitrogens is 1. The summed E-state index contributed by atoms with van der Waals surface area (Å²) in [5.74, 6) is 0. The van der Waals surface area contributed by atoms with E-state index in [1.54, 1.807) is 0 Å². The molecule has 76 valence electrons. The summed E-state index contributed by atoms with van der Waals surface area (Å²) in [6.45, 7) is 3.88. The van der Waals surface area contributed by atoms with Crippen LogP contribution in [0.4, 0.5) is 0 Å². The number of benzene rings is 1. The minimum absolute atomic E-state index is 0.705. The lowest BCUT2D eigenvalue weighted by Crippen LogP contribution is -1.93. The van der Waals surface area contributed by atoms with Crippen molar-refractivity contribution >= 4 is 33.1 Å². The van der Waals surface area contributed by atoms with Gasteiger partial charge in [-0.15, -0.1) is 0 Å². The Morgan fingerprint density at radius 2 is 2.07 bits per heavy atom. The largest absolute Gasteiger partial charge is 0.298 e. The Balaban J connectivity index is 2.97. The lowest BCUT2D eigenvalue weighted by atomic mass is 10.0. The first kappa shape index (κ1) is 10.3. The number of hydrogen-bond donors (Lipinski definition) is 0. The molecule has 0 saturated heterocycles. The van der Waals surface area contributed by atoms with Crippen LogP contribution < -0.4 is 0 Å². The van der Waals surface area contributed by atoms with Gasteiger partial charge in [-0.1, -0.05) is 15.9 Å². The summed E-state index contributed by atoms with van der Waals surface area (Å²) in [4.78, 5) is 15.4. The van der Waals surface area contributed by atoms with Crippen molar-refractivity contribution in [3.63, 3.8) is 0 Å². The minimum atomic E-state index is 0.705. The standard InChI is InChI=1S/C12H10BrNO/c1-7-5-9(6-15)12-8(2)10(13)3-4-11(12)14-7/h3-6H,1-2H3. The first-order valence-electron chi connectivity index (χ1n) is 4.65. The topological polar surface area (TPSA) is 30.0 Å². The molecule has 1 heterocycles. The maximum atomic E-state index is 11.0. The third-order valence-electron chi connectivity index (χ3n) is 2.45. The quantitative estimate of drug-likeness (QED) is 0.738. The highest BCUT2D eigenvalue weighted by atomic mass is 79.9. The van der Waals surface area contributed by atoms with Crippen molar-refractivity contribution in [3.8, 4) is 0 Å². The predicted octanol–water partition coefficient (Wildman–Crippen LogP) is 3.43. The van der Waals surface area contributed by atoms with E-state index in [9.17, 15) is 4.79 Å². The molecule has 2 rings (SSSR count). The van der Waals surface area contributed by atoms with Crippen LogP contribution in [0.15, 0.2) is 22.7 Å². The van der Waals surface area contributed by atoms with Crippen molar-refractivity contribution in [3.05, 3.63) is 39.5 Å². The monoisotopic (exact) mass is 263 g/mol. The highest BCUT2D eigenvalue weighted by Gasteiger charge is 2.08. The molecular weight excluding hydrogens is 254 g/mol. The first-order chi connectivity index (χ1) is 7.13. The second-order valence-electron chi connectivity index (χ2n) is 3.54. The predicted molar refractivity (Wildman–Crippen MR) is 64.3 cm³/mol. The van der Waals surface area contributed by atoms with Crippen molar-refractivity contribution in [2.45, 2.75) is 13.8 Å². The highest BCUT2D eigenvalue weighted by Crippen LogP contribution is 2.27. The van der Waals surface area contributed by atoms with Crippen molar-refractivity contribution in [1.29, 1.82) is 0 Å². The van der Waals surface area contributed by atoms with Gasteiger partial charge in [-0.3, -0.25) is 9.78 Å². The van der Waals surface area contributed by atoms with Gasteiger partial charge in [0.2, 0.25) is 0 Å². The number of rotatable bonds is 1. The van der Waals surface area contributed by atoms with Gasteiger partial charge >= 0.3 is 0 Å². The molecule has 0 saturated carbocycles. The third kappa shape index (κ3) is 1.67. The van der Waals surface area contributed by atoms with Crippen LogP contribution in [0.2, 0.25) is 0 Å². The maximum absolute atomic E-state index is 11.0. The number of fused-ring (bicyclic) bond motifs is 1. The fourth-order valence-electron chi connectivity index (χ4n) is 1.74. The Labute approximate surface area is 96.5 Å². The number of carbonyl (C=O) groups is 1. The smallest absolute Gasteiger partial charge is 0.150 e. The van der Waals surface area contributed by atoms with E-state index in [2.05, 4.69) is 20.9 Å². The maximum Gasteiger partial charge on any atom is 0.150 e. The van der Waals surface area contributed by atoms with Gasteiger partial charge in [-0.2, -0.15) is 0 Å². The Kier molecular flexibility index (Phi) is 2.57. The second-order valence-corrected chi connectivity index (χ2v) is 4.39. The van der Waals surface area contributed by atoms with Gasteiger partial charge in [0.25, 0.3) is 0 Å². The van der Waals surface area contributed by atoms with Crippen LogP contribution in [0.3, 0.4) is 0 Å². The van der Waals surface area contributed by atoms with Gasteiger partial charge in [0.05, 0.1) is 5.52 Å². The third-order valence-corrected chi connectivity index (χ3v) is 3.31. The molecule has 0 N–H and O–H groups in total. The van der Waals surface area contributed by atoms with E-state index in [0.29, 0.717) is 5.56 Å². The van der Waals surface area contributed by atoms with Crippen molar-refractivity contribution < 1.29 is 4.79 Å². The summed E-state index contributed by atoms with van der Waals surface area (Å²) in [5.41, 5.74) is 3.50. The number of nitrogens with zero attached hydrogens (tertiary/aromatic N) is 1. The van der Waals surface area contributed by atoms with Gasteiger partial charge in [0, 0.05) is 21.1 Å². The summed E-state index contributed by atoms with van der Waals surface area (Å²) in [7, 11) is 0. The SMILES string of the molecule is Cc1cc(C=O)c2c(C)c(Br)ccc2n1. The van der Waals surface area contributed by atoms with Gasteiger partial charge in [-0.25, -0.2) is 0 Å². The summed E-state index contributed by atoms with van der Waals surface area (Å²) < 4.78 is 1.00. The lowest BCUT2D eigenvalue weighted by molar-refractivity contribution is 0.112. The molecule has 15 heavy (non-hydrogen) atoms. The van der Waals surface area contributed by atoms with Gasteiger partial charge < -0.3 is 0 Å². The number of hydrogen-bond acceptors (Lipinski definition) is 2. The van der Waals surface area contributed by atoms with Crippen LogP contribution >= 0.6 is 15.9 Å². The van der Waals surface area contributed by atoms with Gasteiger partial charge in [0.15, 0.2) is 6.29 Å². The van der Waals surface area contributed by atoms with Crippen LogP contribution in [0.1, 0.15) is 21.6 Å². The van der Waals surface area contributed by atoms with E-state index in [-0.39, 0.29) is 0 Å². The number of halogens is 1. The molecule has 0 amide bonds. The summed E-state index contributed by atoms with van der Waals surface area (Å²) in [5, 5.41) is 0.935. The summed E-state index contributed by atoms with van der Waals surface area (Å²) >= 11 is 3.45. The average Bonchev–Trinajstić information content (AvgIpc) is 2.22. The van der Waals surface area contributed by atoms with Crippen molar-refractivity contribution in [2.75, 3.05) is 0 Å². The van der Waals surface area contributed by atoms with Crippen LogP contribution in [-0.4, -0.2) is 11.3 Å². The molecule has 1 aromatic heterocycles. The molecule has 0 unspecified atom stereocenters. The molecule has 0 aliphatic rings. The van der Waals surface area contributed by atoms with Gasteiger partial charge in [0.1, 0.15) is 0 Å². The van der Waals surface area contributed by atoms with Crippen LogP contribution in [-0.2, 0) is 0 Å². The molecule has 0 fully saturated rings. The minimum Gasteiger partial charge on any atom is -0.298 e. The molecule has 0 atom stereocenters. The van der Waals surface area contributed by atoms with Crippen LogP contribution in [0.5, 0.6) is 0 Å². The van der Waals surface area contributed by atoms with E-state index in [4.69, 9.17) is 0 Å². The zero-order chi connectivity index (χ0) is 11.0. The Morgan fingerprint density at radius 1 is 1.33 bits per heavy atom. The number of carbonyl (C=O) groups excluding carboxylic acids is 1. The van der Waals surface area contributed by atoms with Crippen molar-refractivity contribution in [1.82, 2.24) is 4.98 Å². The molecule has 2 aromatic rings. The Bertz CT molecular complexity index is 549. The Morgan fingerprint density at radius 3 is 2.73 bits per heavy atom. The zero-order valence-electron chi connectivity index (χ0n) is 8.54. The number of pyridine rings is 1. The van der Waals surface area contributed by atoms with E-state index in [1.807, 2.05) is 32.0 Å². The first-order valence-corrected chi connectivity index (χ1v) is 5.44. The van der Waals surface area contributed by atoms with E-state index >= 15 is 0 Å². The zero-order valence-corrected chi connectivity index (χ0v) is 10.1. The van der Waals surface area contributed by atoms with E-state index < -0.39 is 0 Å². The van der Waals surface area contributed by atoms with E-state index in [0.717, 1.165) is 32.9 Å². The Hall–Kier alpha value is -1.22. The second kappa shape index (κ2) is 3.74. The molecule has 2 nitrogen and oxygen atoms in total. The molecule has 0 spiro atoms. The molecule has 3 heteroatoms. The molecular formula is C12H10BrNO. The lowest BCUT2D eigenvalue weighted by Gasteiger charge is -2.07. The number of aryl methyl sites for hydroxylation is 2. The molecule has 0 aliphatic carbocycles. The summed E-state index contributed by atoms with van der Waals surface area (Å²) in [6, 6.07) is 5.69. The summed E-state index contributed by atoms with van der Waals surface area (Å²) in [6.07, 6.45) is 0.885. The fourth-order valence-corrected chi connectivity index (χ4v) is 2.07. The normalized spacial score (nSPS) is 10.6. The van der Waals surface area contributed by atoms with Gasteiger partial charge in [-0.05, 0) is 37.6 Å². The van der Waals surface area contributed by atoms with Crippen molar-refractivity contribution in [2.24, 2.45) is 0 Å². The molecule has 0 radical (unpaired) electrons. The molecule has 0 bridgehead atoms. The van der Waals surface area contributed by atoms with Crippen LogP contribution in [0.25, 0.3) is 10.9 Å². The molecule has 1 aromatic carbocycles. The highest BCUT2D eigenvalue weighted by molar-refractivity contribution is 9.10. The molecule has 0 aliphatic heterocycles. The van der Waals surface area contributed by atoms with E-state index in [1.165, 1.54) is 0 Å². The fraction of sp³-hybridized carbons (Fsp3) is 0.167. The number of aldehydes is 1. The van der Waals surface area contributed by atoms with Crippen LogP contribution in [0, 0.1) is 13.8 Å².